The third-order valence-corrected chi connectivity index (χ3v) is 3.89. The van der Waals surface area contributed by atoms with Gasteiger partial charge in [0.2, 0.25) is 0 Å². The van der Waals surface area contributed by atoms with Crippen LogP contribution in [0.15, 0.2) is 42.5 Å². The molecule has 0 radical (unpaired) electrons. The van der Waals surface area contributed by atoms with Gasteiger partial charge in [-0.25, -0.2) is 0 Å². The predicted octanol–water partition coefficient (Wildman–Crippen LogP) is 5.08. The maximum absolute atomic E-state index is 9.45. The van der Waals surface area contributed by atoms with Crippen LogP contribution >= 0.6 is 0 Å². The second-order valence-electron chi connectivity index (χ2n) is 5.85. The highest BCUT2D eigenvalue weighted by molar-refractivity contribution is 5.36. The van der Waals surface area contributed by atoms with Gasteiger partial charge in [-0.05, 0) is 56.9 Å². The first kappa shape index (κ1) is 16.1. The SMILES string of the molecule is Cc1ccc(OCCCC(C#N)c2cc(C)ccc2C)cc1. The highest BCUT2D eigenvalue weighted by Crippen LogP contribution is 2.25. The molecular weight excluding hydrogens is 270 g/mol. The van der Waals surface area contributed by atoms with Crippen LogP contribution in [-0.2, 0) is 0 Å². The Bertz CT molecular complexity index is 652. The number of benzene rings is 2. The molecule has 2 nitrogen and oxygen atoms in total. The molecule has 0 saturated carbocycles. The Kier molecular flexibility index (Phi) is 5.61. The van der Waals surface area contributed by atoms with Crippen LogP contribution in [0.2, 0.25) is 0 Å². The summed E-state index contributed by atoms with van der Waals surface area (Å²) in [5, 5.41) is 9.45. The predicted molar refractivity (Wildman–Crippen MR) is 90.2 cm³/mol. The molecule has 0 aliphatic heterocycles. The van der Waals surface area contributed by atoms with Gasteiger partial charge >= 0.3 is 0 Å². The molecule has 2 aromatic carbocycles. The Morgan fingerprint density at radius 3 is 2.36 bits per heavy atom. The first-order chi connectivity index (χ1) is 10.6. The normalized spacial score (nSPS) is 11.7. The fourth-order valence-electron chi connectivity index (χ4n) is 2.54. The second kappa shape index (κ2) is 7.66. The lowest BCUT2D eigenvalue weighted by atomic mass is 9.91. The summed E-state index contributed by atoms with van der Waals surface area (Å²) in [6, 6.07) is 16.8. The molecule has 22 heavy (non-hydrogen) atoms. The molecule has 114 valence electrons. The van der Waals surface area contributed by atoms with Crippen LogP contribution in [0.25, 0.3) is 0 Å². The van der Waals surface area contributed by atoms with Gasteiger partial charge in [-0.1, -0.05) is 41.5 Å². The summed E-state index contributed by atoms with van der Waals surface area (Å²) < 4.78 is 5.74. The number of nitriles is 1. The van der Waals surface area contributed by atoms with E-state index in [1.54, 1.807) is 0 Å². The van der Waals surface area contributed by atoms with Crippen LogP contribution < -0.4 is 4.74 Å². The number of rotatable bonds is 6. The smallest absolute Gasteiger partial charge is 0.119 e. The quantitative estimate of drug-likeness (QED) is 0.696. The fraction of sp³-hybridized carbons (Fsp3) is 0.350. The molecule has 0 aliphatic carbocycles. The first-order valence-corrected chi connectivity index (χ1v) is 7.76. The highest BCUT2D eigenvalue weighted by atomic mass is 16.5. The first-order valence-electron chi connectivity index (χ1n) is 7.76. The van der Waals surface area contributed by atoms with E-state index in [2.05, 4.69) is 45.0 Å². The van der Waals surface area contributed by atoms with Crippen molar-refractivity contribution in [3.63, 3.8) is 0 Å². The largest absolute Gasteiger partial charge is 0.494 e. The lowest BCUT2D eigenvalue weighted by molar-refractivity contribution is 0.305. The maximum atomic E-state index is 9.45. The van der Waals surface area contributed by atoms with E-state index in [-0.39, 0.29) is 5.92 Å². The summed E-state index contributed by atoms with van der Waals surface area (Å²) in [5.74, 6) is 0.840. The van der Waals surface area contributed by atoms with Crippen LogP contribution in [-0.4, -0.2) is 6.61 Å². The zero-order valence-corrected chi connectivity index (χ0v) is 13.6. The topological polar surface area (TPSA) is 33.0 Å². The molecule has 0 saturated heterocycles. The molecule has 2 heteroatoms. The number of hydrogen-bond acceptors (Lipinski definition) is 2. The third-order valence-electron chi connectivity index (χ3n) is 3.89. The van der Waals surface area contributed by atoms with E-state index in [1.807, 2.05) is 24.3 Å². The van der Waals surface area contributed by atoms with Crippen molar-refractivity contribution in [3.05, 3.63) is 64.7 Å². The van der Waals surface area contributed by atoms with Crippen molar-refractivity contribution in [1.29, 1.82) is 5.26 Å². The average Bonchev–Trinajstić information content (AvgIpc) is 2.52. The Balaban J connectivity index is 1.88. The van der Waals surface area contributed by atoms with Crippen molar-refractivity contribution in [2.24, 2.45) is 0 Å². The van der Waals surface area contributed by atoms with E-state index in [0.29, 0.717) is 6.61 Å². The molecule has 0 fully saturated rings. The zero-order valence-electron chi connectivity index (χ0n) is 13.6. The molecule has 0 bridgehead atoms. The van der Waals surface area contributed by atoms with Crippen molar-refractivity contribution >= 4 is 0 Å². The summed E-state index contributed by atoms with van der Waals surface area (Å²) in [6.07, 6.45) is 1.70. The van der Waals surface area contributed by atoms with Gasteiger partial charge < -0.3 is 4.74 Å². The van der Waals surface area contributed by atoms with E-state index in [9.17, 15) is 5.26 Å². The van der Waals surface area contributed by atoms with Crippen molar-refractivity contribution in [2.45, 2.75) is 39.5 Å². The Morgan fingerprint density at radius 1 is 1.00 bits per heavy atom. The molecule has 2 aromatic rings. The van der Waals surface area contributed by atoms with Crippen molar-refractivity contribution in [3.8, 4) is 11.8 Å². The standard InChI is InChI=1S/C20H23NO/c1-15-7-10-19(11-8-15)22-12-4-5-18(14-21)20-13-16(2)6-9-17(20)3/h6-11,13,18H,4-5,12H2,1-3H3. The monoisotopic (exact) mass is 293 g/mol. The summed E-state index contributed by atoms with van der Waals surface area (Å²) in [7, 11) is 0. The average molecular weight is 293 g/mol. The van der Waals surface area contributed by atoms with E-state index in [4.69, 9.17) is 4.74 Å². The third kappa shape index (κ3) is 4.36. The molecule has 1 atom stereocenters. The van der Waals surface area contributed by atoms with E-state index >= 15 is 0 Å². The lowest BCUT2D eigenvalue weighted by Gasteiger charge is -2.13. The van der Waals surface area contributed by atoms with E-state index < -0.39 is 0 Å². The van der Waals surface area contributed by atoms with Gasteiger partial charge in [-0.2, -0.15) is 5.26 Å². The lowest BCUT2D eigenvalue weighted by Crippen LogP contribution is -2.03. The van der Waals surface area contributed by atoms with Gasteiger partial charge in [0.1, 0.15) is 5.75 Å². The van der Waals surface area contributed by atoms with Crippen molar-refractivity contribution in [1.82, 2.24) is 0 Å². The summed E-state index contributed by atoms with van der Waals surface area (Å²) in [6.45, 7) is 6.84. The Labute approximate surface area is 133 Å². The van der Waals surface area contributed by atoms with Gasteiger partial charge in [0, 0.05) is 0 Å². The fourth-order valence-corrected chi connectivity index (χ4v) is 2.54. The van der Waals surface area contributed by atoms with Gasteiger partial charge in [0.15, 0.2) is 0 Å². The van der Waals surface area contributed by atoms with Crippen LogP contribution in [0.4, 0.5) is 0 Å². The number of ether oxygens (including phenoxy) is 1. The van der Waals surface area contributed by atoms with E-state index in [1.165, 1.54) is 16.7 Å². The minimum absolute atomic E-state index is 0.0542. The van der Waals surface area contributed by atoms with Gasteiger partial charge in [0.25, 0.3) is 0 Å². The second-order valence-corrected chi connectivity index (χ2v) is 5.85. The zero-order chi connectivity index (χ0) is 15.9. The Hall–Kier alpha value is -2.27. The van der Waals surface area contributed by atoms with Crippen molar-refractivity contribution in [2.75, 3.05) is 6.61 Å². The molecular formula is C20H23NO. The summed E-state index contributed by atoms with van der Waals surface area (Å²) in [4.78, 5) is 0. The molecule has 0 amide bonds. The summed E-state index contributed by atoms with van der Waals surface area (Å²) in [5.41, 5.74) is 4.78. The van der Waals surface area contributed by atoms with Crippen LogP contribution in [0, 0.1) is 32.1 Å². The summed E-state index contributed by atoms with van der Waals surface area (Å²) >= 11 is 0. The molecule has 0 N–H and O–H groups in total. The molecule has 0 heterocycles. The number of nitrogens with zero attached hydrogens (tertiary/aromatic N) is 1. The van der Waals surface area contributed by atoms with Gasteiger partial charge in [0.05, 0.1) is 18.6 Å². The van der Waals surface area contributed by atoms with Crippen molar-refractivity contribution < 1.29 is 4.74 Å². The number of hydrogen-bond donors (Lipinski definition) is 0. The van der Waals surface area contributed by atoms with Gasteiger partial charge in [-0.15, -0.1) is 0 Å². The van der Waals surface area contributed by atoms with E-state index in [0.717, 1.165) is 24.2 Å². The highest BCUT2D eigenvalue weighted by Gasteiger charge is 2.13. The molecule has 0 aromatic heterocycles. The Morgan fingerprint density at radius 2 is 1.68 bits per heavy atom. The minimum Gasteiger partial charge on any atom is -0.494 e. The van der Waals surface area contributed by atoms with Crippen LogP contribution in [0.3, 0.4) is 0 Å². The minimum atomic E-state index is -0.0542. The molecule has 0 spiro atoms. The molecule has 1 unspecified atom stereocenters. The van der Waals surface area contributed by atoms with Crippen LogP contribution in [0.1, 0.15) is 41.0 Å². The van der Waals surface area contributed by atoms with Gasteiger partial charge in [-0.3, -0.25) is 0 Å². The maximum Gasteiger partial charge on any atom is 0.119 e. The molecule has 2 rings (SSSR count). The van der Waals surface area contributed by atoms with Crippen LogP contribution in [0.5, 0.6) is 5.75 Å². The molecule has 0 aliphatic rings. The number of aryl methyl sites for hydroxylation is 3.